The lowest BCUT2D eigenvalue weighted by Crippen LogP contribution is -2.26. The van der Waals surface area contributed by atoms with Gasteiger partial charge in [-0.2, -0.15) is 0 Å². The topological polar surface area (TPSA) is 99.1 Å². The van der Waals surface area contributed by atoms with Crippen LogP contribution in [0.1, 0.15) is 6.92 Å². The third-order valence-electron chi connectivity index (χ3n) is 4.07. The minimum atomic E-state index is -1.15. The Kier molecular flexibility index (Phi) is 7.16. The van der Waals surface area contributed by atoms with E-state index in [1.165, 1.54) is 23.5 Å². The number of aliphatic hydroxyl groups excluding tert-OH is 1. The highest BCUT2D eigenvalue weighted by Crippen LogP contribution is 2.30. The zero-order valence-corrected chi connectivity index (χ0v) is 17.0. The van der Waals surface area contributed by atoms with Crippen molar-refractivity contribution in [1.29, 1.82) is 0 Å². The van der Waals surface area contributed by atoms with Crippen molar-refractivity contribution in [3.05, 3.63) is 64.8 Å². The highest BCUT2D eigenvalue weighted by molar-refractivity contribution is 7.24. The lowest BCUT2D eigenvalue weighted by molar-refractivity contribution is -0.151. The van der Waals surface area contributed by atoms with Gasteiger partial charge in [0.25, 0.3) is 0 Å². The summed E-state index contributed by atoms with van der Waals surface area (Å²) >= 11 is 1.46. The summed E-state index contributed by atoms with van der Waals surface area (Å²) in [5, 5.41) is 10.7. The van der Waals surface area contributed by atoms with Gasteiger partial charge in [0.1, 0.15) is 25.1 Å². The van der Waals surface area contributed by atoms with Crippen molar-refractivity contribution < 1.29 is 28.9 Å². The number of carbonyl (C=O) groups is 2. The van der Waals surface area contributed by atoms with E-state index >= 15 is 0 Å². The van der Waals surface area contributed by atoms with Crippen molar-refractivity contribution in [2.24, 2.45) is 0 Å². The molecule has 1 N–H and O–H groups in total. The fourth-order valence-corrected chi connectivity index (χ4v) is 3.81. The molecule has 0 aliphatic heterocycles. The number of carbonyl (C=O) groups excluding carboxylic acids is 2. The minimum Gasteiger partial charge on any atom is -0.481 e. The number of hydrogen-bond donors (Lipinski definition) is 1. The van der Waals surface area contributed by atoms with Crippen LogP contribution in [-0.2, 0) is 19.1 Å². The Morgan fingerprint density at radius 2 is 1.80 bits per heavy atom. The van der Waals surface area contributed by atoms with Gasteiger partial charge in [-0.05, 0) is 31.2 Å². The average molecular weight is 428 g/mol. The number of benzene rings is 2. The minimum absolute atomic E-state index is 0.165. The molecular weight excluding hydrogens is 408 g/mol. The highest BCUT2D eigenvalue weighted by Gasteiger charge is 2.14. The molecule has 2 aromatic carbocycles. The molecule has 0 aliphatic rings. The predicted molar refractivity (Wildman–Crippen MR) is 114 cm³/mol. The average Bonchev–Trinajstić information content (AvgIpc) is 2.75. The lowest BCUT2D eigenvalue weighted by atomic mass is 10.1. The number of allylic oxidation sites excluding steroid dienone is 1. The van der Waals surface area contributed by atoms with Crippen molar-refractivity contribution in [3.8, 4) is 5.75 Å². The Morgan fingerprint density at radius 3 is 2.60 bits per heavy atom. The molecule has 7 nitrogen and oxygen atoms in total. The number of rotatable bonds is 8. The quantitative estimate of drug-likeness (QED) is 0.335. The molecule has 0 spiro atoms. The van der Waals surface area contributed by atoms with E-state index in [2.05, 4.69) is 0 Å². The van der Waals surface area contributed by atoms with Gasteiger partial charge >= 0.3 is 11.9 Å². The lowest BCUT2D eigenvalue weighted by Gasteiger charge is -2.12. The summed E-state index contributed by atoms with van der Waals surface area (Å²) in [7, 11) is 0. The van der Waals surface area contributed by atoms with Crippen LogP contribution in [-0.4, -0.2) is 43.0 Å². The molecule has 3 rings (SSSR count). The smallest absolute Gasteiger partial charge is 0.344 e. The SMILES string of the molecule is CC=CC(=O)OCC(O)COC(=O)COc1cccc2sc3ccccc3c(=O)c12. The van der Waals surface area contributed by atoms with Crippen LogP contribution >= 0.6 is 11.3 Å². The van der Waals surface area contributed by atoms with Crippen LogP contribution in [0.2, 0.25) is 0 Å². The fourth-order valence-electron chi connectivity index (χ4n) is 2.71. The summed E-state index contributed by atoms with van der Waals surface area (Å²) < 4.78 is 16.9. The van der Waals surface area contributed by atoms with Gasteiger partial charge in [0.05, 0.1) is 5.39 Å². The first-order chi connectivity index (χ1) is 14.5. The molecular formula is C22H20O7S. The van der Waals surface area contributed by atoms with E-state index in [9.17, 15) is 19.5 Å². The standard InChI is InChI=1S/C22H20O7S/c1-2-6-19(24)28-11-14(23)12-29-20(25)13-27-16-8-5-10-18-21(16)22(26)15-7-3-4-9-17(15)30-18/h2-10,14,23H,11-13H2,1H3. The molecule has 0 amide bonds. The zero-order valence-electron chi connectivity index (χ0n) is 16.2. The summed E-state index contributed by atoms with van der Waals surface area (Å²) in [6.45, 7) is 0.588. The van der Waals surface area contributed by atoms with Gasteiger partial charge < -0.3 is 19.3 Å². The van der Waals surface area contributed by atoms with E-state index < -0.39 is 24.6 Å². The second-order valence-corrected chi connectivity index (χ2v) is 7.40. The van der Waals surface area contributed by atoms with Crippen molar-refractivity contribution in [3.63, 3.8) is 0 Å². The van der Waals surface area contributed by atoms with Crippen molar-refractivity contribution >= 4 is 43.4 Å². The van der Waals surface area contributed by atoms with Crippen molar-refractivity contribution in [1.82, 2.24) is 0 Å². The second-order valence-electron chi connectivity index (χ2n) is 6.31. The maximum absolute atomic E-state index is 12.9. The largest absolute Gasteiger partial charge is 0.481 e. The van der Waals surface area contributed by atoms with Crippen molar-refractivity contribution in [2.75, 3.05) is 19.8 Å². The first kappa shape index (κ1) is 21.5. The van der Waals surface area contributed by atoms with Crippen molar-refractivity contribution in [2.45, 2.75) is 13.0 Å². The summed E-state index contributed by atoms with van der Waals surface area (Å²) in [4.78, 5) is 36.0. The van der Waals surface area contributed by atoms with Crippen LogP contribution in [0.3, 0.4) is 0 Å². The van der Waals surface area contributed by atoms with E-state index in [4.69, 9.17) is 14.2 Å². The molecule has 156 valence electrons. The summed E-state index contributed by atoms with van der Waals surface area (Å²) in [5.74, 6) is -1.02. The van der Waals surface area contributed by atoms with Gasteiger partial charge in [-0.25, -0.2) is 9.59 Å². The molecule has 3 aromatic rings. The highest BCUT2D eigenvalue weighted by atomic mass is 32.1. The molecule has 0 radical (unpaired) electrons. The molecule has 0 bridgehead atoms. The summed E-state index contributed by atoms with van der Waals surface area (Å²) in [6, 6.07) is 12.5. The molecule has 1 heterocycles. The normalized spacial score (nSPS) is 12.2. The van der Waals surface area contributed by atoms with E-state index in [-0.39, 0.29) is 24.4 Å². The Labute approximate surface area is 176 Å². The fraction of sp³-hybridized carbons (Fsp3) is 0.227. The third kappa shape index (κ3) is 5.22. The van der Waals surface area contributed by atoms with Gasteiger partial charge in [0.2, 0.25) is 0 Å². The Bertz CT molecular complexity index is 1150. The number of aliphatic hydroxyl groups is 1. The molecule has 1 aromatic heterocycles. The van der Waals surface area contributed by atoms with Gasteiger partial charge in [-0.3, -0.25) is 4.79 Å². The Balaban J connectivity index is 1.62. The number of hydrogen-bond acceptors (Lipinski definition) is 8. The maximum Gasteiger partial charge on any atom is 0.344 e. The molecule has 1 unspecified atom stereocenters. The van der Waals surface area contributed by atoms with Gasteiger partial charge in [0.15, 0.2) is 12.0 Å². The van der Waals surface area contributed by atoms with Crippen LogP contribution in [0.15, 0.2) is 59.4 Å². The molecule has 0 fully saturated rings. The zero-order chi connectivity index (χ0) is 21.5. The molecule has 1 atom stereocenters. The predicted octanol–water partition coefficient (Wildman–Crippen LogP) is 2.82. The van der Waals surface area contributed by atoms with E-state index in [0.717, 1.165) is 9.40 Å². The third-order valence-corrected chi connectivity index (χ3v) is 5.21. The summed E-state index contributed by atoms with van der Waals surface area (Å²) in [5.41, 5.74) is -0.165. The maximum atomic E-state index is 12.9. The molecule has 8 heteroatoms. The van der Waals surface area contributed by atoms with E-state index in [1.807, 2.05) is 18.2 Å². The van der Waals surface area contributed by atoms with Crippen LogP contribution in [0, 0.1) is 0 Å². The van der Waals surface area contributed by atoms with Gasteiger partial charge in [0, 0.05) is 20.9 Å². The number of fused-ring (bicyclic) bond motifs is 2. The van der Waals surface area contributed by atoms with Gasteiger partial charge in [-0.1, -0.05) is 24.3 Å². The molecule has 0 aliphatic carbocycles. The molecule has 0 saturated carbocycles. The summed E-state index contributed by atoms with van der Waals surface area (Å²) in [6.07, 6.45) is 1.57. The second kappa shape index (κ2) is 10.00. The monoisotopic (exact) mass is 428 g/mol. The number of ether oxygens (including phenoxy) is 3. The van der Waals surface area contributed by atoms with E-state index in [1.54, 1.807) is 31.2 Å². The van der Waals surface area contributed by atoms with Crippen LogP contribution in [0.5, 0.6) is 5.75 Å². The van der Waals surface area contributed by atoms with E-state index in [0.29, 0.717) is 10.8 Å². The molecule has 30 heavy (non-hydrogen) atoms. The van der Waals surface area contributed by atoms with Gasteiger partial charge in [-0.15, -0.1) is 11.3 Å². The Morgan fingerprint density at radius 1 is 1.07 bits per heavy atom. The Hall–Kier alpha value is -3.23. The first-order valence-electron chi connectivity index (χ1n) is 9.20. The van der Waals surface area contributed by atoms with Crippen LogP contribution in [0.4, 0.5) is 0 Å². The van der Waals surface area contributed by atoms with Crippen LogP contribution < -0.4 is 10.2 Å². The number of esters is 2. The van der Waals surface area contributed by atoms with Crippen LogP contribution in [0.25, 0.3) is 20.2 Å². The first-order valence-corrected chi connectivity index (χ1v) is 10.0. The molecule has 0 saturated heterocycles.